The first-order valence-electron chi connectivity index (χ1n) is 2.87. The highest BCUT2D eigenvalue weighted by molar-refractivity contribution is 7.46. The third-order valence-corrected chi connectivity index (χ3v) is 1.33. The van der Waals surface area contributed by atoms with E-state index in [-0.39, 0.29) is 13.2 Å². The van der Waals surface area contributed by atoms with Crippen molar-refractivity contribution >= 4 is 7.82 Å². The lowest BCUT2D eigenvalue weighted by Crippen LogP contribution is -1.93. The number of hydrogen-bond acceptors (Lipinski definition) is 3. The average molecular weight is 170 g/mol. The molecule has 0 aromatic rings. The molecule has 0 rings (SSSR count). The number of hydrogen-bond donors (Lipinski definition) is 3. The maximum absolute atomic E-state index is 10.0. The Kier molecular flexibility index (Phi) is 4.85. The molecule has 0 amide bonds. The summed E-state index contributed by atoms with van der Waals surface area (Å²) < 4.78 is 14.1. The molecule has 0 saturated heterocycles. The van der Waals surface area contributed by atoms with Gasteiger partial charge < -0.3 is 14.9 Å². The standard InChI is InChI=1S/C4H11O5P/c5-3-1-2-4-9-10(6,7)8/h5H,1-4H2,(H2,6,7,8). The molecule has 0 heterocycles. The fraction of sp³-hybridized carbons (Fsp3) is 1.00. The largest absolute Gasteiger partial charge is 0.469 e. The van der Waals surface area contributed by atoms with Crippen LogP contribution < -0.4 is 0 Å². The molecule has 0 aliphatic heterocycles. The molecule has 0 aromatic carbocycles. The number of phosphoric acid groups is 1. The summed E-state index contributed by atoms with van der Waals surface area (Å²) >= 11 is 0. The minimum atomic E-state index is -4.29. The Bertz CT molecular complexity index is 119. The quantitative estimate of drug-likeness (QED) is 0.395. The van der Waals surface area contributed by atoms with Crippen LogP contribution in [0.4, 0.5) is 0 Å². The molecule has 0 aliphatic carbocycles. The normalized spacial score (nSPS) is 11.9. The molecule has 6 heteroatoms. The van der Waals surface area contributed by atoms with Crippen LogP contribution in [0.2, 0.25) is 0 Å². The molecule has 0 fully saturated rings. The van der Waals surface area contributed by atoms with Crippen LogP contribution in [0.3, 0.4) is 0 Å². The van der Waals surface area contributed by atoms with Gasteiger partial charge in [-0.2, -0.15) is 0 Å². The zero-order valence-electron chi connectivity index (χ0n) is 5.43. The molecule has 0 saturated carbocycles. The van der Waals surface area contributed by atoms with Crippen molar-refractivity contribution in [2.75, 3.05) is 13.2 Å². The first-order chi connectivity index (χ1) is 4.56. The molecule has 0 radical (unpaired) electrons. The Labute approximate surface area is 58.9 Å². The summed E-state index contributed by atoms with van der Waals surface area (Å²) in [4.78, 5) is 16.3. The highest BCUT2D eigenvalue weighted by Gasteiger charge is 2.11. The van der Waals surface area contributed by atoms with Gasteiger partial charge in [-0.15, -0.1) is 0 Å². The predicted molar refractivity (Wildman–Crippen MR) is 34.3 cm³/mol. The van der Waals surface area contributed by atoms with Crippen molar-refractivity contribution in [1.29, 1.82) is 0 Å². The van der Waals surface area contributed by atoms with E-state index in [1.807, 2.05) is 0 Å². The number of aliphatic hydroxyl groups is 1. The minimum Gasteiger partial charge on any atom is -0.396 e. The molecule has 0 aromatic heterocycles. The van der Waals surface area contributed by atoms with Crippen LogP contribution in [0.25, 0.3) is 0 Å². The van der Waals surface area contributed by atoms with Crippen molar-refractivity contribution in [1.82, 2.24) is 0 Å². The second-order valence-electron chi connectivity index (χ2n) is 1.75. The van der Waals surface area contributed by atoms with Crippen molar-refractivity contribution in [2.24, 2.45) is 0 Å². The Morgan fingerprint density at radius 3 is 2.30 bits per heavy atom. The fourth-order valence-electron chi connectivity index (χ4n) is 0.397. The van der Waals surface area contributed by atoms with E-state index >= 15 is 0 Å². The van der Waals surface area contributed by atoms with Gasteiger partial charge >= 0.3 is 7.82 Å². The van der Waals surface area contributed by atoms with Gasteiger partial charge in [-0.25, -0.2) is 4.57 Å². The maximum Gasteiger partial charge on any atom is 0.469 e. The van der Waals surface area contributed by atoms with Crippen LogP contribution in [0.15, 0.2) is 0 Å². The molecule has 5 nitrogen and oxygen atoms in total. The van der Waals surface area contributed by atoms with Gasteiger partial charge in [0, 0.05) is 6.61 Å². The molecule has 0 aliphatic rings. The van der Waals surface area contributed by atoms with Gasteiger partial charge in [0.05, 0.1) is 6.61 Å². The summed E-state index contributed by atoms with van der Waals surface area (Å²) in [5, 5.41) is 8.25. The van der Waals surface area contributed by atoms with Gasteiger partial charge in [0.15, 0.2) is 0 Å². The van der Waals surface area contributed by atoms with Crippen molar-refractivity contribution in [3.8, 4) is 0 Å². The van der Waals surface area contributed by atoms with E-state index in [1.54, 1.807) is 0 Å². The predicted octanol–water partition coefficient (Wildman–Crippen LogP) is -0.132. The topological polar surface area (TPSA) is 87.0 Å². The molecule has 0 bridgehead atoms. The summed E-state index contributed by atoms with van der Waals surface area (Å²) in [6, 6.07) is 0. The van der Waals surface area contributed by atoms with Crippen LogP contribution in [0, 0.1) is 0 Å². The lowest BCUT2D eigenvalue weighted by Gasteiger charge is -2.02. The smallest absolute Gasteiger partial charge is 0.396 e. The van der Waals surface area contributed by atoms with E-state index in [4.69, 9.17) is 14.9 Å². The lowest BCUT2D eigenvalue weighted by atomic mass is 10.3. The fourth-order valence-corrected chi connectivity index (χ4v) is 0.764. The molecule has 0 spiro atoms. The molecule has 0 unspecified atom stereocenters. The van der Waals surface area contributed by atoms with Gasteiger partial charge in [0.25, 0.3) is 0 Å². The van der Waals surface area contributed by atoms with Crippen molar-refractivity contribution in [3.05, 3.63) is 0 Å². The summed E-state index contributed by atoms with van der Waals surface area (Å²) in [5.74, 6) is 0. The van der Waals surface area contributed by atoms with E-state index in [1.165, 1.54) is 0 Å². The highest BCUT2D eigenvalue weighted by atomic mass is 31.2. The molecule has 0 atom stereocenters. The molecule has 3 N–H and O–H groups in total. The molecular weight excluding hydrogens is 159 g/mol. The van der Waals surface area contributed by atoms with Crippen molar-refractivity contribution in [2.45, 2.75) is 12.8 Å². The van der Waals surface area contributed by atoms with E-state index in [9.17, 15) is 4.57 Å². The Hall–Kier alpha value is 0.0700. The second kappa shape index (κ2) is 4.82. The zero-order valence-corrected chi connectivity index (χ0v) is 6.33. The summed E-state index contributed by atoms with van der Waals surface area (Å²) in [7, 11) is -4.29. The third-order valence-electron chi connectivity index (χ3n) is 0.812. The lowest BCUT2D eigenvalue weighted by molar-refractivity contribution is 0.186. The Morgan fingerprint density at radius 1 is 1.30 bits per heavy atom. The van der Waals surface area contributed by atoms with Gasteiger partial charge in [-0.05, 0) is 12.8 Å². The Morgan fingerprint density at radius 2 is 1.90 bits per heavy atom. The van der Waals surface area contributed by atoms with Crippen molar-refractivity contribution < 1.29 is 24.0 Å². The molecule has 10 heavy (non-hydrogen) atoms. The van der Waals surface area contributed by atoms with Crippen molar-refractivity contribution in [3.63, 3.8) is 0 Å². The van der Waals surface area contributed by atoms with Gasteiger partial charge in [0.2, 0.25) is 0 Å². The SMILES string of the molecule is O=P(O)(O)OCCCCO. The van der Waals surface area contributed by atoms with E-state index in [2.05, 4.69) is 4.52 Å². The number of aliphatic hydroxyl groups excluding tert-OH is 1. The van der Waals surface area contributed by atoms with E-state index in [0.29, 0.717) is 12.8 Å². The summed E-state index contributed by atoms with van der Waals surface area (Å²) in [6.45, 7) is 0.00928. The zero-order chi connectivity index (χ0) is 8.04. The number of phosphoric ester groups is 1. The first-order valence-corrected chi connectivity index (χ1v) is 4.40. The summed E-state index contributed by atoms with van der Waals surface area (Å²) in [6.07, 6.45) is 0.960. The highest BCUT2D eigenvalue weighted by Crippen LogP contribution is 2.35. The van der Waals surface area contributed by atoms with Gasteiger partial charge in [-0.3, -0.25) is 4.52 Å². The number of rotatable bonds is 5. The third kappa shape index (κ3) is 8.07. The van der Waals surface area contributed by atoms with Crippen LogP contribution in [-0.4, -0.2) is 28.1 Å². The second-order valence-corrected chi connectivity index (χ2v) is 2.99. The van der Waals surface area contributed by atoms with E-state index < -0.39 is 7.82 Å². The monoisotopic (exact) mass is 170 g/mol. The summed E-state index contributed by atoms with van der Waals surface area (Å²) in [5.41, 5.74) is 0. The molecule has 62 valence electrons. The van der Waals surface area contributed by atoms with Crippen LogP contribution >= 0.6 is 7.82 Å². The van der Waals surface area contributed by atoms with Crippen LogP contribution in [0.5, 0.6) is 0 Å². The first kappa shape index (κ1) is 10.1. The number of unbranched alkanes of at least 4 members (excludes halogenated alkanes) is 1. The van der Waals surface area contributed by atoms with Gasteiger partial charge in [0.1, 0.15) is 0 Å². The minimum absolute atomic E-state index is 0.00909. The Balaban J connectivity index is 3.13. The maximum atomic E-state index is 10.0. The van der Waals surface area contributed by atoms with Gasteiger partial charge in [-0.1, -0.05) is 0 Å². The van der Waals surface area contributed by atoms with Crippen LogP contribution in [0.1, 0.15) is 12.8 Å². The van der Waals surface area contributed by atoms with Crippen LogP contribution in [-0.2, 0) is 9.09 Å². The molecular formula is C4H11O5P. The van der Waals surface area contributed by atoms with E-state index in [0.717, 1.165) is 0 Å². The average Bonchev–Trinajstić information content (AvgIpc) is 1.78.